The molecule has 1 N–H and O–H groups in total. The second-order valence-electron chi connectivity index (χ2n) is 4.77. The van der Waals surface area contributed by atoms with Crippen molar-refractivity contribution in [3.8, 4) is 11.5 Å². The SMILES string of the molecule is CCOc1ccc(NC2CCS(=O)(=O)C2)cc1OCC. The fraction of sp³-hybridized carbons (Fsp3) is 0.571. The fourth-order valence-electron chi connectivity index (χ4n) is 2.29. The molecule has 1 saturated heterocycles. The third-order valence-electron chi connectivity index (χ3n) is 3.15. The molecule has 1 aromatic rings. The molecule has 2 rings (SSSR count). The number of ether oxygens (including phenoxy) is 2. The molecule has 0 amide bonds. The summed E-state index contributed by atoms with van der Waals surface area (Å²) in [6, 6.07) is 5.57. The maximum Gasteiger partial charge on any atom is 0.163 e. The number of hydrogen-bond donors (Lipinski definition) is 1. The van der Waals surface area contributed by atoms with Crippen molar-refractivity contribution in [3.63, 3.8) is 0 Å². The summed E-state index contributed by atoms with van der Waals surface area (Å²) in [6.07, 6.45) is 0.652. The van der Waals surface area contributed by atoms with Crippen LogP contribution in [-0.4, -0.2) is 39.2 Å². The summed E-state index contributed by atoms with van der Waals surface area (Å²) in [5.41, 5.74) is 0.860. The van der Waals surface area contributed by atoms with Gasteiger partial charge in [-0.05, 0) is 32.4 Å². The number of anilines is 1. The van der Waals surface area contributed by atoms with E-state index in [1.807, 2.05) is 32.0 Å². The third-order valence-corrected chi connectivity index (χ3v) is 4.91. The zero-order valence-corrected chi connectivity index (χ0v) is 12.7. The first-order valence-corrected chi connectivity index (χ1v) is 8.73. The highest BCUT2D eigenvalue weighted by atomic mass is 32.2. The highest BCUT2D eigenvalue weighted by molar-refractivity contribution is 7.91. The number of nitrogens with one attached hydrogen (secondary N) is 1. The van der Waals surface area contributed by atoms with Crippen LogP contribution in [0.3, 0.4) is 0 Å². The van der Waals surface area contributed by atoms with Gasteiger partial charge >= 0.3 is 0 Å². The maximum atomic E-state index is 11.5. The topological polar surface area (TPSA) is 64.6 Å². The Morgan fingerprint density at radius 2 is 1.90 bits per heavy atom. The predicted octanol–water partition coefficient (Wildman–Crippen LogP) is 2.08. The zero-order valence-electron chi connectivity index (χ0n) is 11.9. The molecular formula is C14H21NO4S. The van der Waals surface area contributed by atoms with Gasteiger partial charge in [0, 0.05) is 17.8 Å². The number of sulfone groups is 1. The number of hydrogen-bond acceptors (Lipinski definition) is 5. The first-order chi connectivity index (χ1) is 9.54. The van der Waals surface area contributed by atoms with Crippen LogP contribution in [-0.2, 0) is 9.84 Å². The van der Waals surface area contributed by atoms with Crippen molar-refractivity contribution >= 4 is 15.5 Å². The van der Waals surface area contributed by atoms with Gasteiger partial charge in [-0.25, -0.2) is 8.42 Å². The Morgan fingerprint density at radius 3 is 2.50 bits per heavy atom. The van der Waals surface area contributed by atoms with Crippen LogP contribution in [0.2, 0.25) is 0 Å². The van der Waals surface area contributed by atoms with Gasteiger partial charge in [0.1, 0.15) is 0 Å². The van der Waals surface area contributed by atoms with Crippen LogP contribution < -0.4 is 14.8 Å². The Bertz CT molecular complexity index is 556. The number of rotatable bonds is 6. The van der Waals surface area contributed by atoms with E-state index < -0.39 is 9.84 Å². The normalized spacial score (nSPS) is 20.6. The number of benzene rings is 1. The highest BCUT2D eigenvalue weighted by Crippen LogP contribution is 2.31. The van der Waals surface area contributed by atoms with Gasteiger partial charge in [-0.2, -0.15) is 0 Å². The molecule has 112 valence electrons. The van der Waals surface area contributed by atoms with Gasteiger partial charge in [0.15, 0.2) is 21.3 Å². The molecule has 6 heteroatoms. The summed E-state index contributed by atoms with van der Waals surface area (Å²) in [6.45, 7) is 4.97. The average Bonchev–Trinajstić information content (AvgIpc) is 2.72. The van der Waals surface area contributed by atoms with E-state index in [9.17, 15) is 8.42 Å². The van der Waals surface area contributed by atoms with Crippen LogP contribution in [0.25, 0.3) is 0 Å². The van der Waals surface area contributed by atoms with Gasteiger partial charge < -0.3 is 14.8 Å². The van der Waals surface area contributed by atoms with Crippen molar-refractivity contribution in [2.45, 2.75) is 26.3 Å². The Morgan fingerprint density at radius 1 is 1.20 bits per heavy atom. The minimum absolute atomic E-state index is 0.0209. The zero-order chi connectivity index (χ0) is 14.6. The van der Waals surface area contributed by atoms with E-state index in [2.05, 4.69) is 5.32 Å². The fourth-order valence-corrected chi connectivity index (χ4v) is 3.96. The third kappa shape index (κ3) is 3.79. The van der Waals surface area contributed by atoms with E-state index >= 15 is 0 Å². The van der Waals surface area contributed by atoms with Crippen LogP contribution in [0, 0.1) is 0 Å². The average molecular weight is 299 g/mol. The largest absolute Gasteiger partial charge is 0.490 e. The first kappa shape index (κ1) is 15.0. The molecule has 1 aliphatic rings. The van der Waals surface area contributed by atoms with Crippen molar-refractivity contribution in [1.82, 2.24) is 0 Å². The standard InChI is InChI=1S/C14H21NO4S/c1-3-18-13-6-5-11(9-14(13)19-4-2)15-12-7-8-20(16,17)10-12/h5-6,9,12,15H,3-4,7-8,10H2,1-2H3. The van der Waals surface area contributed by atoms with E-state index in [0.717, 1.165) is 5.69 Å². The highest BCUT2D eigenvalue weighted by Gasteiger charge is 2.27. The molecule has 5 nitrogen and oxygen atoms in total. The van der Waals surface area contributed by atoms with Crippen molar-refractivity contribution in [2.24, 2.45) is 0 Å². The Hall–Kier alpha value is -1.43. The molecule has 20 heavy (non-hydrogen) atoms. The van der Waals surface area contributed by atoms with E-state index in [4.69, 9.17) is 9.47 Å². The lowest BCUT2D eigenvalue weighted by Crippen LogP contribution is -2.20. The summed E-state index contributed by atoms with van der Waals surface area (Å²) in [5, 5.41) is 3.25. The molecule has 0 aliphatic carbocycles. The molecule has 1 fully saturated rings. The van der Waals surface area contributed by atoms with Crippen LogP contribution >= 0.6 is 0 Å². The lowest BCUT2D eigenvalue weighted by Gasteiger charge is -2.16. The van der Waals surface area contributed by atoms with E-state index in [1.54, 1.807) is 0 Å². The van der Waals surface area contributed by atoms with E-state index in [0.29, 0.717) is 31.1 Å². The Labute approximate surface area is 120 Å². The van der Waals surface area contributed by atoms with E-state index in [1.165, 1.54) is 0 Å². The van der Waals surface area contributed by atoms with Gasteiger partial charge in [0.05, 0.1) is 24.7 Å². The van der Waals surface area contributed by atoms with Crippen molar-refractivity contribution in [1.29, 1.82) is 0 Å². The molecule has 0 radical (unpaired) electrons. The van der Waals surface area contributed by atoms with Gasteiger partial charge in [-0.1, -0.05) is 0 Å². The van der Waals surface area contributed by atoms with Crippen LogP contribution in [0.5, 0.6) is 11.5 Å². The second-order valence-corrected chi connectivity index (χ2v) is 7.00. The van der Waals surface area contributed by atoms with Crippen LogP contribution in [0.4, 0.5) is 5.69 Å². The van der Waals surface area contributed by atoms with Crippen LogP contribution in [0.15, 0.2) is 18.2 Å². The van der Waals surface area contributed by atoms with Gasteiger partial charge in [0.2, 0.25) is 0 Å². The van der Waals surface area contributed by atoms with Gasteiger partial charge in [-0.15, -0.1) is 0 Å². The second kappa shape index (κ2) is 6.35. The molecular weight excluding hydrogens is 278 g/mol. The molecule has 0 aromatic heterocycles. The van der Waals surface area contributed by atoms with Gasteiger partial charge in [0.25, 0.3) is 0 Å². The minimum Gasteiger partial charge on any atom is -0.490 e. The van der Waals surface area contributed by atoms with Crippen molar-refractivity contribution in [3.05, 3.63) is 18.2 Å². The molecule has 0 spiro atoms. The lowest BCUT2D eigenvalue weighted by atomic mass is 10.2. The summed E-state index contributed by atoms with van der Waals surface area (Å²) < 4.78 is 34.0. The molecule has 1 unspecified atom stereocenters. The lowest BCUT2D eigenvalue weighted by molar-refractivity contribution is 0.288. The van der Waals surface area contributed by atoms with Crippen LogP contribution in [0.1, 0.15) is 20.3 Å². The minimum atomic E-state index is -2.87. The maximum absolute atomic E-state index is 11.5. The monoisotopic (exact) mass is 299 g/mol. The molecule has 0 saturated carbocycles. The van der Waals surface area contributed by atoms with Crippen molar-refractivity contribution < 1.29 is 17.9 Å². The van der Waals surface area contributed by atoms with Gasteiger partial charge in [-0.3, -0.25) is 0 Å². The summed E-state index contributed by atoms with van der Waals surface area (Å²) in [5.74, 6) is 1.85. The van der Waals surface area contributed by atoms with Crippen molar-refractivity contribution in [2.75, 3.05) is 30.0 Å². The quantitative estimate of drug-likeness (QED) is 0.871. The summed E-state index contributed by atoms with van der Waals surface area (Å²) >= 11 is 0. The Balaban J connectivity index is 2.10. The molecule has 1 aromatic carbocycles. The smallest absolute Gasteiger partial charge is 0.163 e. The molecule has 0 bridgehead atoms. The predicted molar refractivity (Wildman–Crippen MR) is 79.5 cm³/mol. The molecule has 1 heterocycles. The first-order valence-electron chi connectivity index (χ1n) is 6.90. The summed E-state index contributed by atoms with van der Waals surface area (Å²) in [7, 11) is -2.87. The Kier molecular flexibility index (Phi) is 4.75. The molecule has 1 aliphatic heterocycles. The molecule has 1 atom stereocenters. The van der Waals surface area contributed by atoms with E-state index in [-0.39, 0.29) is 17.5 Å². The summed E-state index contributed by atoms with van der Waals surface area (Å²) in [4.78, 5) is 0.